The molecule has 3 heteroatoms. The van der Waals surface area contributed by atoms with Gasteiger partial charge in [-0.25, -0.2) is 0 Å². The van der Waals surface area contributed by atoms with Crippen molar-refractivity contribution in [1.29, 1.82) is 0 Å². The predicted molar refractivity (Wildman–Crippen MR) is 37.0 cm³/mol. The van der Waals surface area contributed by atoms with Gasteiger partial charge in [-0.05, 0) is 12.1 Å². The summed E-state index contributed by atoms with van der Waals surface area (Å²) in [5, 5.41) is 8.70. The van der Waals surface area contributed by atoms with Crippen LogP contribution in [0.25, 0.3) is 0 Å². The highest BCUT2D eigenvalue weighted by molar-refractivity contribution is 5.10. The maximum Gasteiger partial charge on any atom is 0.135 e. The van der Waals surface area contributed by atoms with E-state index in [1.54, 1.807) is 12.4 Å². The first-order chi connectivity index (χ1) is 4.84. The fraction of sp³-hybridized carbons (Fsp3) is 0.286. The Kier molecular flexibility index (Phi) is 2.36. The van der Waals surface area contributed by atoms with Crippen LogP contribution in [0.1, 0.15) is 11.6 Å². The molecule has 3 nitrogen and oxygen atoms in total. The van der Waals surface area contributed by atoms with Crippen LogP contribution in [0.3, 0.4) is 0 Å². The molecule has 0 aliphatic carbocycles. The van der Waals surface area contributed by atoms with Crippen LogP contribution in [0.2, 0.25) is 0 Å². The van der Waals surface area contributed by atoms with Gasteiger partial charge in [0.2, 0.25) is 0 Å². The minimum Gasteiger partial charge on any atom is -0.390 e. The van der Waals surface area contributed by atoms with Gasteiger partial charge in [-0.3, -0.25) is 4.98 Å². The summed E-state index contributed by atoms with van der Waals surface area (Å²) in [6.45, 7) is 0.0751. The van der Waals surface area contributed by atoms with Crippen molar-refractivity contribution in [2.45, 2.75) is 6.04 Å². The van der Waals surface area contributed by atoms with Gasteiger partial charge in [0.1, 0.15) is 6.04 Å². The molecule has 4 N–H and O–H groups in total. The zero-order valence-corrected chi connectivity index (χ0v) is 5.70. The van der Waals surface area contributed by atoms with Crippen molar-refractivity contribution in [3.8, 4) is 0 Å². The van der Waals surface area contributed by atoms with E-state index in [1.165, 1.54) is 0 Å². The number of aliphatic hydroxyl groups is 1. The summed E-state index contributed by atoms with van der Waals surface area (Å²) in [4.78, 5) is 3.90. The van der Waals surface area contributed by atoms with Crippen LogP contribution in [0, 0.1) is 0 Å². The van der Waals surface area contributed by atoms with E-state index in [1.807, 2.05) is 12.1 Å². The highest BCUT2D eigenvalue weighted by Gasteiger charge is 2.05. The minimum atomic E-state index is -0.0475. The van der Waals surface area contributed by atoms with E-state index in [-0.39, 0.29) is 12.6 Å². The first kappa shape index (κ1) is 7.18. The van der Waals surface area contributed by atoms with E-state index < -0.39 is 0 Å². The monoisotopic (exact) mass is 139 g/mol. The standard InChI is InChI=1S/C7H10N2O/c8-7(5-10)6-2-1-3-9-4-6/h1-4,7,10H,5,8H2/p+1/t7-/m0/s1. The van der Waals surface area contributed by atoms with E-state index in [9.17, 15) is 0 Å². The maximum absolute atomic E-state index is 8.70. The highest BCUT2D eigenvalue weighted by atomic mass is 16.3. The third kappa shape index (κ3) is 1.52. The van der Waals surface area contributed by atoms with Gasteiger partial charge in [-0.2, -0.15) is 0 Å². The summed E-state index contributed by atoms with van der Waals surface area (Å²) in [7, 11) is 0. The quantitative estimate of drug-likeness (QED) is 0.572. The molecule has 0 fully saturated rings. The molecule has 0 radical (unpaired) electrons. The summed E-state index contributed by atoms with van der Waals surface area (Å²) in [5.74, 6) is 0. The molecule has 0 aliphatic heterocycles. The largest absolute Gasteiger partial charge is 0.390 e. The fourth-order valence-electron chi connectivity index (χ4n) is 0.723. The average Bonchev–Trinajstić information content (AvgIpc) is 2.05. The third-order valence-corrected chi connectivity index (χ3v) is 1.38. The Morgan fingerprint density at radius 2 is 2.50 bits per heavy atom. The Labute approximate surface area is 59.5 Å². The van der Waals surface area contributed by atoms with Crippen molar-refractivity contribution in [2.24, 2.45) is 0 Å². The molecule has 0 amide bonds. The van der Waals surface area contributed by atoms with Crippen LogP contribution in [0.5, 0.6) is 0 Å². The molecule has 54 valence electrons. The predicted octanol–water partition coefficient (Wildman–Crippen LogP) is -0.643. The lowest BCUT2D eigenvalue weighted by atomic mass is 10.1. The topological polar surface area (TPSA) is 60.8 Å². The van der Waals surface area contributed by atoms with E-state index in [4.69, 9.17) is 5.11 Å². The Morgan fingerprint density at radius 3 is 3.00 bits per heavy atom. The molecular weight excluding hydrogens is 128 g/mol. The van der Waals surface area contributed by atoms with Gasteiger partial charge in [0.05, 0.1) is 6.61 Å². The van der Waals surface area contributed by atoms with Crippen LogP contribution in [-0.2, 0) is 0 Å². The number of nitrogens with zero attached hydrogens (tertiary/aromatic N) is 1. The number of aromatic nitrogens is 1. The van der Waals surface area contributed by atoms with Crippen molar-refractivity contribution < 1.29 is 10.8 Å². The number of hydrogen-bond acceptors (Lipinski definition) is 2. The second-order valence-electron chi connectivity index (χ2n) is 2.17. The van der Waals surface area contributed by atoms with Crippen molar-refractivity contribution in [3.05, 3.63) is 30.1 Å². The first-order valence-electron chi connectivity index (χ1n) is 3.18. The lowest BCUT2D eigenvalue weighted by molar-refractivity contribution is -0.432. The van der Waals surface area contributed by atoms with Gasteiger partial charge in [-0.1, -0.05) is 0 Å². The van der Waals surface area contributed by atoms with Gasteiger partial charge in [0.25, 0.3) is 0 Å². The number of aliphatic hydroxyl groups excluding tert-OH is 1. The van der Waals surface area contributed by atoms with Crippen LogP contribution < -0.4 is 5.73 Å². The van der Waals surface area contributed by atoms with Gasteiger partial charge >= 0.3 is 0 Å². The van der Waals surface area contributed by atoms with Crippen molar-refractivity contribution in [3.63, 3.8) is 0 Å². The zero-order chi connectivity index (χ0) is 7.40. The van der Waals surface area contributed by atoms with Crippen molar-refractivity contribution in [2.75, 3.05) is 6.61 Å². The van der Waals surface area contributed by atoms with Crippen LogP contribution in [0.15, 0.2) is 24.5 Å². The number of rotatable bonds is 2. The molecule has 0 aliphatic rings. The van der Waals surface area contributed by atoms with Crippen molar-refractivity contribution in [1.82, 2.24) is 4.98 Å². The Bertz CT molecular complexity index is 188. The maximum atomic E-state index is 8.70. The van der Waals surface area contributed by atoms with Crippen LogP contribution in [0.4, 0.5) is 0 Å². The summed E-state index contributed by atoms with van der Waals surface area (Å²) in [6, 6.07) is 3.69. The van der Waals surface area contributed by atoms with E-state index in [2.05, 4.69) is 10.7 Å². The second-order valence-corrected chi connectivity index (χ2v) is 2.17. The summed E-state index contributed by atoms with van der Waals surface area (Å²) in [5.41, 5.74) is 4.71. The molecule has 0 saturated carbocycles. The van der Waals surface area contributed by atoms with Crippen LogP contribution in [-0.4, -0.2) is 16.7 Å². The molecule has 1 heterocycles. The van der Waals surface area contributed by atoms with Crippen molar-refractivity contribution >= 4 is 0 Å². The molecule has 0 spiro atoms. The normalized spacial score (nSPS) is 13.0. The van der Waals surface area contributed by atoms with Crippen LogP contribution >= 0.6 is 0 Å². The molecule has 0 unspecified atom stereocenters. The lowest BCUT2D eigenvalue weighted by Crippen LogP contribution is -2.55. The zero-order valence-electron chi connectivity index (χ0n) is 5.70. The van der Waals surface area contributed by atoms with E-state index in [0.717, 1.165) is 5.56 Å². The molecule has 0 bridgehead atoms. The highest BCUT2D eigenvalue weighted by Crippen LogP contribution is 2.03. The third-order valence-electron chi connectivity index (χ3n) is 1.38. The Morgan fingerprint density at radius 1 is 1.70 bits per heavy atom. The summed E-state index contributed by atoms with van der Waals surface area (Å²) in [6.07, 6.45) is 3.42. The fourth-order valence-corrected chi connectivity index (χ4v) is 0.723. The molecule has 1 rings (SSSR count). The number of hydrogen-bond donors (Lipinski definition) is 2. The smallest absolute Gasteiger partial charge is 0.135 e. The molecular formula is C7H11N2O+. The number of quaternary nitrogens is 1. The Balaban J connectivity index is 2.75. The summed E-state index contributed by atoms with van der Waals surface area (Å²) >= 11 is 0. The van der Waals surface area contributed by atoms with Gasteiger partial charge in [0, 0.05) is 18.0 Å². The molecule has 0 aromatic carbocycles. The van der Waals surface area contributed by atoms with Gasteiger partial charge in [-0.15, -0.1) is 0 Å². The molecule has 1 aromatic heterocycles. The summed E-state index contributed by atoms with van der Waals surface area (Å²) < 4.78 is 0. The SMILES string of the molecule is [NH3+][C@@H](CO)c1cccnc1. The molecule has 1 atom stereocenters. The lowest BCUT2D eigenvalue weighted by Gasteiger charge is -2.02. The molecule has 1 aromatic rings. The molecule has 10 heavy (non-hydrogen) atoms. The number of pyridine rings is 1. The minimum absolute atomic E-state index is 0.0475. The Hall–Kier alpha value is -0.930. The van der Waals surface area contributed by atoms with Gasteiger partial charge < -0.3 is 10.8 Å². The van der Waals surface area contributed by atoms with E-state index in [0.29, 0.717) is 0 Å². The second kappa shape index (κ2) is 3.29. The molecule has 0 saturated heterocycles. The first-order valence-corrected chi connectivity index (χ1v) is 3.18. The van der Waals surface area contributed by atoms with Gasteiger partial charge in [0.15, 0.2) is 0 Å². The average molecular weight is 139 g/mol. The van der Waals surface area contributed by atoms with E-state index >= 15 is 0 Å².